The van der Waals surface area contributed by atoms with E-state index in [0.29, 0.717) is 22.1 Å². The first-order valence-electron chi connectivity index (χ1n) is 5.44. The average molecular weight is 276 g/mol. The molecule has 96 valence electrons. The molecule has 2 rings (SSSR count). The van der Waals surface area contributed by atoms with Gasteiger partial charge in [0.15, 0.2) is 0 Å². The van der Waals surface area contributed by atoms with E-state index in [-0.39, 0.29) is 0 Å². The van der Waals surface area contributed by atoms with Crippen molar-refractivity contribution in [3.63, 3.8) is 0 Å². The molecule has 1 heterocycles. The van der Waals surface area contributed by atoms with Gasteiger partial charge in [-0.3, -0.25) is 4.98 Å². The van der Waals surface area contributed by atoms with Crippen molar-refractivity contribution in [2.75, 3.05) is 0 Å². The zero-order chi connectivity index (χ0) is 13.7. The van der Waals surface area contributed by atoms with Crippen LogP contribution in [0.25, 0.3) is 6.08 Å². The Morgan fingerprint density at radius 1 is 1.32 bits per heavy atom. The maximum atomic E-state index is 10.6. The van der Waals surface area contributed by atoms with E-state index in [1.807, 2.05) is 0 Å². The Morgan fingerprint density at radius 3 is 2.84 bits per heavy atom. The molecule has 0 atom stereocenters. The minimum Gasteiger partial charge on any atom is -0.478 e. The van der Waals surface area contributed by atoms with Crippen molar-refractivity contribution < 1.29 is 14.6 Å². The Labute approximate surface area is 114 Å². The first-order valence-corrected chi connectivity index (χ1v) is 5.82. The van der Waals surface area contributed by atoms with Gasteiger partial charge in [-0.2, -0.15) is 0 Å². The van der Waals surface area contributed by atoms with E-state index in [1.165, 1.54) is 6.08 Å². The van der Waals surface area contributed by atoms with Gasteiger partial charge in [-0.05, 0) is 30.3 Å². The first-order chi connectivity index (χ1) is 9.16. The zero-order valence-corrected chi connectivity index (χ0v) is 10.5. The van der Waals surface area contributed by atoms with Crippen molar-refractivity contribution >= 4 is 23.6 Å². The summed E-state index contributed by atoms with van der Waals surface area (Å²) in [6.07, 6.45) is 5.61. The van der Waals surface area contributed by atoms with Crippen molar-refractivity contribution in [1.29, 1.82) is 0 Å². The molecule has 4 nitrogen and oxygen atoms in total. The molecule has 0 aliphatic rings. The van der Waals surface area contributed by atoms with Crippen LogP contribution in [0, 0.1) is 0 Å². The molecule has 0 saturated carbocycles. The third-order valence-corrected chi connectivity index (χ3v) is 2.60. The summed E-state index contributed by atoms with van der Waals surface area (Å²) in [4.78, 5) is 14.5. The number of carboxylic acid groups (broad SMARTS) is 1. The Morgan fingerprint density at radius 2 is 2.16 bits per heavy atom. The van der Waals surface area contributed by atoms with Crippen LogP contribution in [-0.2, 0) is 4.79 Å². The van der Waals surface area contributed by atoms with Crippen LogP contribution in [0.4, 0.5) is 0 Å². The number of aliphatic carboxylic acids is 1. The highest BCUT2D eigenvalue weighted by molar-refractivity contribution is 6.32. The molecule has 1 aromatic heterocycles. The van der Waals surface area contributed by atoms with Crippen LogP contribution < -0.4 is 4.74 Å². The van der Waals surface area contributed by atoms with Crippen LogP contribution in [0.15, 0.2) is 48.8 Å². The summed E-state index contributed by atoms with van der Waals surface area (Å²) in [5, 5.41) is 9.08. The fourth-order valence-electron chi connectivity index (χ4n) is 1.46. The number of halogens is 1. The van der Waals surface area contributed by atoms with Gasteiger partial charge >= 0.3 is 5.97 Å². The van der Waals surface area contributed by atoms with Crippen LogP contribution in [0.5, 0.6) is 11.5 Å². The predicted molar refractivity (Wildman–Crippen MR) is 72.4 cm³/mol. The van der Waals surface area contributed by atoms with E-state index in [2.05, 4.69) is 4.98 Å². The van der Waals surface area contributed by atoms with Gasteiger partial charge < -0.3 is 9.84 Å². The summed E-state index contributed by atoms with van der Waals surface area (Å²) in [5.74, 6) is -0.0278. The number of nitrogens with zero attached hydrogens (tertiary/aromatic N) is 1. The number of carboxylic acids is 1. The van der Waals surface area contributed by atoms with Crippen LogP contribution in [0.1, 0.15) is 5.56 Å². The lowest BCUT2D eigenvalue weighted by atomic mass is 10.2. The average Bonchev–Trinajstić information content (AvgIpc) is 2.39. The Balaban J connectivity index is 2.35. The number of hydrogen-bond acceptors (Lipinski definition) is 3. The molecule has 0 aliphatic heterocycles. The minimum atomic E-state index is -1.05. The second kappa shape index (κ2) is 6.02. The number of rotatable bonds is 4. The number of hydrogen-bond donors (Lipinski definition) is 1. The van der Waals surface area contributed by atoms with Gasteiger partial charge in [0.2, 0.25) is 0 Å². The second-order valence-corrected chi connectivity index (χ2v) is 4.02. The lowest BCUT2D eigenvalue weighted by Gasteiger charge is -2.09. The first kappa shape index (κ1) is 13.1. The van der Waals surface area contributed by atoms with Crippen LogP contribution >= 0.6 is 11.6 Å². The van der Waals surface area contributed by atoms with Gasteiger partial charge in [0.1, 0.15) is 11.5 Å². The smallest absolute Gasteiger partial charge is 0.328 e. The van der Waals surface area contributed by atoms with Crippen molar-refractivity contribution in [2.45, 2.75) is 0 Å². The zero-order valence-electron chi connectivity index (χ0n) is 9.79. The molecule has 0 spiro atoms. The highest BCUT2D eigenvalue weighted by Gasteiger charge is 2.07. The Hall–Kier alpha value is -2.33. The van der Waals surface area contributed by atoms with Gasteiger partial charge in [0.05, 0.1) is 11.2 Å². The standard InChI is InChI=1S/C14H10ClNO3/c15-12-4-1-5-13(11(12)6-7-14(17)18)19-10-3-2-8-16-9-10/h1-9H,(H,17,18)/b7-6+. The monoisotopic (exact) mass is 275 g/mol. The van der Waals surface area contributed by atoms with E-state index in [4.69, 9.17) is 21.4 Å². The van der Waals surface area contributed by atoms with Crippen LogP contribution in [-0.4, -0.2) is 16.1 Å². The molecular weight excluding hydrogens is 266 g/mol. The summed E-state index contributed by atoms with van der Waals surface area (Å²) in [6, 6.07) is 8.59. The molecule has 0 aliphatic carbocycles. The molecule has 1 aromatic carbocycles. The number of pyridine rings is 1. The third-order valence-electron chi connectivity index (χ3n) is 2.27. The van der Waals surface area contributed by atoms with E-state index < -0.39 is 5.97 Å². The van der Waals surface area contributed by atoms with Crippen molar-refractivity contribution in [2.24, 2.45) is 0 Å². The fraction of sp³-hybridized carbons (Fsp3) is 0. The molecule has 0 bridgehead atoms. The number of carbonyl (C=O) groups is 1. The summed E-state index contributed by atoms with van der Waals surface area (Å²) < 4.78 is 5.63. The van der Waals surface area contributed by atoms with E-state index in [0.717, 1.165) is 6.08 Å². The van der Waals surface area contributed by atoms with E-state index in [9.17, 15) is 4.79 Å². The lowest BCUT2D eigenvalue weighted by Crippen LogP contribution is -1.91. The van der Waals surface area contributed by atoms with Gasteiger partial charge in [-0.25, -0.2) is 4.79 Å². The van der Waals surface area contributed by atoms with Crippen LogP contribution in [0.2, 0.25) is 5.02 Å². The van der Waals surface area contributed by atoms with Crippen molar-refractivity contribution in [1.82, 2.24) is 4.98 Å². The van der Waals surface area contributed by atoms with Gasteiger partial charge in [0.25, 0.3) is 0 Å². The van der Waals surface area contributed by atoms with Gasteiger partial charge in [0, 0.05) is 17.8 Å². The molecular formula is C14H10ClNO3. The molecule has 0 saturated heterocycles. The largest absolute Gasteiger partial charge is 0.478 e. The molecule has 0 amide bonds. The maximum absolute atomic E-state index is 10.6. The normalized spacial score (nSPS) is 10.6. The third kappa shape index (κ3) is 3.56. The number of ether oxygens (including phenoxy) is 1. The van der Waals surface area contributed by atoms with Crippen LogP contribution in [0.3, 0.4) is 0 Å². The molecule has 0 unspecified atom stereocenters. The SMILES string of the molecule is O=C(O)/C=C/c1c(Cl)cccc1Oc1cccnc1. The fourth-order valence-corrected chi connectivity index (χ4v) is 1.69. The predicted octanol–water partition coefficient (Wildman–Crippen LogP) is 3.63. The molecule has 0 radical (unpaired) electrons. The Bertz CT molecular complexity index is 611. The topological polar surface area (TPSA) is 59.4 Å². The number of aromatic nitrogens is 1. The summed E-state index contributed by atoms with van der Waals surface area (Å²) in [7, 11) is 0. The quantitative estimate of drug-likeness (QED) is 0.866. The second-order valence-electron chi connectivity index (χ2n) is 3.61. The highest BCUT2D eigenvalue weighted by Crippen LogP contribution is 2.31. The minimum absolute atomic E-state index is 0.416. The highest BCUT2D eigenvalue weighted by atomic mass is 35.5. The van der Waals surface area contributed by atoms with Crippen molar-refractivity contribution in [3.05, 3.63) is 59.4 Å². The lowest BCUT2D eigenvalue weighted by molar-refractivity contribution is -0.131. The maximum Gasteiger partial charge on any atom is 0.328 e. The van der Waals surface area contributed by atoms with E-state index in [1.54, 1.807) is 42.7 Å². The summed E-state index contributed by atoms with van der Waals surface area (Å²) in [6.45, 7) is 0. The molecule has 19 heavy (non-hydrogen) atoms. The van der Waals surface area contributed by atoms with Gasteiger partial charge in [-0.1, -0.05) is 17.7 Å². The van der Waals surface area contributed by atoms with E-state index >= 15 is 0 Å². The van der Waals surface area contributed by atoms with Gasteiger partial charge in [-0.15, -0.1) is 0 Å². The van der Waals surface area contributed by atoms with Crippen molar-refractivity contribution in [3.8, 4) is 11.5 Å². The molecule has 0 fully saturated rings. The molecule has 2 aromatic rings. The summed E-state index contributed by atoms with van der Waals surface area (Å²) in [5.41, 5.74) is 0.510. The summed E-state index contributed by atoms with van der Waals surface area (Å²) >= 11 is 6.04. The molecule has 1 N–H and O–H groups in total. The number of benzene rings is 1. The Kier molecular flexibility index (Phi) is 4.15. The molecule has 5 heteroatoms.